The normalized spacial score (nSPS) is 18.3. The zero-order valence-electron chi connectivity index (χ0n) is 17.4. The molecule has 2 aliphatic rings. The van der Waals surface area contributed by atoms with Crippen LogP contribution in [0.1, 0.15) is 42.5 Å². The molecule has 2 fully saturated rings. The Morgan fingerprint density at radius 3 is 2.38 bits per heavy atom. The van der Waals surface area contributed by atoms with E-state index in [-0.39, 0.29) is 11.8 Å². The molecule has 2 saturated heterocycles. The van der Waals surface area contributed by atoms with Crippen LogP contribution in [0.15, 0.2) is 18.2 Å². The number of piperidine rings is 1. The molecule has 7 heteroatoms. The Bertz CT molecular complexity index is 694. The first-order valence-electron chi connectivity index (χ1n) is 10.5. The molecule has 2 heterocycles. The Morgan fingerprint density at radius 1 is 1.03 bits per heavy atom. The zero-order valence-corrected chi connectivity index (χ0v) is 17.4. The number of carbonyl (C=O) groups excluding carboxylic acids is 2. The second-order valence-corrected chi connectivity index (χ2v) is 7.86. The van der Waals surface area contributed by atoms with E-state index < -0.39 is 0 Å². The number of benzene rings is 1. The monoisotopic (exact) mass is 404 g/mol. The number of amides is 2. The van der Waals surface area contributed by atoms with Crippen molar-refractivity contribution in [2.75, 3.05) is 47.1 Å². The third-order valence-corrected chi connectivity index (χ3v) is 5.97. The van der Waals surface area contributed by atoms with Gasteiger partial charge >= 0.3 is 0 Å². The van der Waals surface area contributed by atoms with Crippen molar-refractivity contribution in [3.05, 3.63) is 23.8 Å². The van der Waals surface area contributed by atoms with Crippen LogP contribution in [0.5, 0.6) is 11.5 Å². The molecule has 1 aromatic carbocycles. The predicted molar refractivity (Wildman–Crippen MR) is 109 cm³/mol. The number of rotatable bonds is 7. The summed E-state index contributed by atoms with van der Waals surface area (Å²) < 4.78 is 15.8. The van der Waals surface area contributed by atoms with Gasteiger partial charge in [-0.1, -0.05) is 0 Å². The largest absolute Gasteiger partial charge is 0.493 e. The number of carbonyl (C=O) groups is 2. The number of likely N-dealkylation sites (tertiary alicyclic amines) is 1. The minimum Gasteiger partial charge on any atom is -0.493 e. The highest BCUT2D eigenvalue weighted by Crippen LogP contribution is 2.27. The lowest BCUT2D eigenvalue weighted by Gasteiger charge is -2.33. The first-order valence-corrected chi connectivity index (χ1v) is 10.5. The Labute approximate surface area is 172 Å². The van der Waals surface area contributed by atoms with Crippen molar-refractivity contribution < 1.29 is 23.8 Å². The van der Waals surface area contributed by atoms with E-state index in [0.717, 1.165) is 52.0 Å². The topological polar surface area (TPSA) is 77.1 Å². The first kappa shape index (κ1) is 21.4. The average Bonchev–Trinajstić information content (AvgIpc) is 2.78. The molecule has 160 valence electrons. The number of ether oxygens (including phenoxy) is 3. The van der Waals surface area contributed by atoms with Crippen molar-refractivity contribution in [2.24, 2.45) is 11.8 Å². The molecule has 0 saturated carbocycles. The quantitative estimate of drug-likeness (QED) is 0.756. The Kier molecular flexibility index (Phi) is 7.75. The van der Waals surface area contributed by atoms with Crippen LogP contribution in [-0.4, -0.2) is 63.8 Å². The van der Waals surface area contributed by atoms with E-state index in [4.69, 9.17) is 14.2 Å². The van der Waals surface area contributed by atoms with Gasteiger partial charge in [-0.3, -0.25) is 9.59 Å². The molecule has 0 spiro atoms. The van der Waals surface area contributed by atoms with Crippen molar-refractivity contribution in [1.29, 1.82) is 0 Å². The van der Waals surface area contributed by atoms with E-state index in [1.54, 1.807) is 32.4 Å². The van der Waals surface area contributed by atoms with E-state index in [0.29, 0.717) is 41.9 Å². The van der Waals surface area contributed by atoms with Gasteiger partial charge in [-0.15, -0.1) is 0 Å². The highest BCUT2D eigenvalue weighted by molar-refractivity contribution is 5.94. The van der Waals surface area contributed by atoms with E-state index >= 15 is 0 Å². The lowest BCUT2D eigenvalue weighted by molar-refractivity contribution is -0.134. The van der Waals surface area contributed by atoms with Gasteiger partial charge in [0.1, 0.15) is 0 Å². The van der Waals surface area contributed by atoms with Gasteiger partial charge in [-0.05, 0) is 55.7 Å². The maximum absolute atomic E-state index is 12.5. The molecule has 1 N–H and O–H groups in total. The minimum atomic E-state index is -0.121. The van der Waals surface area contributed by atoms with Crippen molar-refractivity contribution >= 4 is 11.8 Å². The van der Waals surface area contributed by atoms with E-state index in [2.05, 4.69) is 5.32 Å². The summed E-state index contributed by atoms with van der Waals surface area (Å²) in [6.07, 6.45) is 4.47. The SMILES string of the molecule is COc1ccc(C(=O)NCC2CCN(C(=O)CC3CCOCC3)CC2)cc1OC. The summed E-state index contributed by atoms with van der Waals surface area (Å²) in [5.74, 6) is 2.15. The lowest BCUT2D eigenvalue weighted by Crippen LogP contribution is -2.42. The second-order valence-electron chi connectivity index (χ2n) is 7.86. The van der Waals surface area contributed by atoms with Gasteiger partial charge in [0.25, 0.3) is 5.91 Å². The summed E-state index contributed by atoms with van der Waals surface area (Å²) in [7, 11) is 3.12. The molecule has 0 aliphatic carbocycles. The average molecular weight is 405 g/mol. The van der Waals surface area contributed by atoms with Gasteiger partial charge in [-0.2, -0.15) is 0 Å². The number of methoxy groups -OCH3 is 2. The van der Waals surface area contributed by atoms with Crippen LogP contribution in [0.3, 0.4) is 0 Å². The highest BCUT2D eigenvalue weighted by Gasteiger charge is 2.26. The van der Waals surface area contributed by atoms with Gasteiger partial charge in [0, 0.05) is 44.8 Å². The van der Waals surface area contributed by atoms with E-state index in [9.17, 15) is 9.59 Å². The third-order valence-electron chi connectivity index (χ3n) is 5.97. The molecule has 0 bridgehead atoms. The number of hydrogen-bond acceptors (Lipinski definition) is 5. The van der Waals surface area contributed by atoms with Gasteiger partial charge in [0.2, 0.25) is 5.91 Å². The van der Waals surface area contributed by atoms with Gasteiger partial charge in [0.05, 0.1) is 14.2 Å². The fourth-order valence-corrected chi connectivity index (χ4v) is 4.03. The predicted octanol–water partition coefficient (Wildman–Crippen LogP) is 2.49. The summed E-state index contributed by atoms with van der Waals surface area (Å²) in [6, 6.07) is 5.15. The first-order chi connectivity index (χ1) is 14.1. The third kappa shape index (κ3) is 5.85. The summed E-state index contributed by atoms with van der Waals surface area (Å²) in [4.78, 5) is 27.0. The number of hydrogen-bond donors (Lipinski definition) is 1. The maximum atomic E-state index is 12.5. The molecule has 29 heavy (non-hydrogen) atoms. The molecule has 2 aliphatic heterocycles. The molecular weight excluding hydrogens is 372 g/mol. The van der Waals surface area contributed by atoms with Crippen LogP contribution < -0.4 is 14.8 Å². The second kappa shape index (κ2) is 10.5. The van der Waals surface area contributed by atoms with Crippen LogP contribution in [0.25, 0.3) is 0 Å². The molecule has 7 nitrogen and oxygen atoms in total. The minimum absolute atomic E-state index is 0.121. The molecule has 2 amide bonds. The molecule has 0 unspecified atom stereocenters. The van der Waals surface area contributed by atoms with Crippen LogP contribution in [0, 0.1) is 11.8 Å². The highest BCUT2D eigenvalue weighted by atomic mass is 16.5. The van der Waals surface area contributed by atoms with Gasteiger partial charge in [0.15, 0.2) is 11.5 Å². The summed E-state index contributed by atoms with van der Waals surface area (Å²) >= 11 is 0. The summed E-state index contributed by atoms with van der Waals surface area (Å²) in [5.41, 5.74) is 0.548. The van der Waals surface area contributed by atoms with Crippen molar-refractivity contribution in [3.8, 4) is 11.5 Å². The van der Waals surface area contributed by atoms with E-state index in [1.807, 2.05) is 4.90 Å². The Hall–Kier alpha value is -2.28. The summed E-state index contributed by atoms with van der Waals surface area (Å²) in [5, 5.41) is 3.01. The van der Waals surface area contributed by atoms with Crippen LogP contribution in [0.2, 0.25) is 0 Å². The summed E-state index contributed by atoms with van der Waals surface area (Å²) in [6.45, 7) is 3.73. The van der Waals surface area contributed by atoms with Crippen molar-refractivity contribution in [1.82, 2.24) is 10.2 Å². The van der Waals surface area contributed by atoms with E-state index in [1.165, 1.54) is 0 Å². The standard InChI is InChI=1S/C22H32N2O5/c1-27-19-4-3-18(14-20(19)28-2)22(26)23-15-17-5-9-24(10-6-17)21(25)13-16-7-11-29-12-8-16/h3-4,14,16-17H,5-13,15H2,1-2H3,(H,23,26). The zero-order chi connectivity index (χ0) is 20.6. The number of nitrogens with zero attached hydrogens (tertiary/aromatic N) is 1. The fourth-order valence-electron chi connectivity index (χ4n) is 4.03. The van der Waals surface area contributed by atoms with Crippen LogP contribution in [-0.2, 0) is 9.53 Å². The molecule has 0 radical (unpaired) electrons. The number of nitrogens with one attached hydrogen (secondary N) is 1. The molecule has 3 rings (SSSR count). The van der Waals surface area contributed by atoms with Crippen molar-refractivity contribution in [2.45, 2.75) is 32.1 Å². The van der Waals surface area contributed by atoms with Crippen LogP contribution >= 0.6 is 0 Å². The molecular formula is C22H32N2O5. The Balaban J connectivity index is 1.41. The molecule has 0 aromatic heterocycles. The Morgan fingerprint density at radius 2 is 1.72 bits per heavy atom. The molecule has 1 aromatic rings. The van der Waals surface area contributed by atoms with Crippen LogP contribution in [0.4, 0.5) is 0 Å². The fraction of sp³-hybridized carbons (Fsp3) is 0.636. The lowest BCUT2D eigenvalue weighted by atomic mass is 9.93. The maximum Gasteiger partial charge on any atom is 0.251 e. The van der Waals surface area contributed by atoms with Gasteiger partial charge < -0.3 is 24.4 Å². The molecule has 0 atom stereocenters. The smallest absolute Gasteiger partial charge is 0.251 e. The van der Waals surface area contributed by atoms with Gasteiger partial charge in [-0.25, -0.2) is 0 Å². The van der Waals surface area contributed by atoms with Crippen molar-refractivity contribution in [3.63, 3.8) is 0 Å².